The monoisotopic (exact) mass is 314 g/mol. The molecular formula is C14H22N2O6. The molecule has 1 heterocycles. The van der Waals surface area contributed by atoms with Gasteiger partial charge in [-0.3, -0.25) is 4.90 Å². The fourth-order valence-corrected chi connectivity index (χ4v) is 1.92. The van der Waals surface area contributed by atoms with Crippen LogP contribution < -0.4 is 0 Å². The summed E-state index contributed by atoms with van der Waals surface area (Å²) in [6.07, 6.45) is 0.0813. The van der Waals surface area contributed by atoms with Crippen molar-refractivity contribution in [3.8, 4) is 0 Å². The van der Waals surface area contributed by atoms with Crippen LogP contribution in [0.1, 0.15) is 20.8 Å². The standard InChI is InChI=1S/C14H22N2O6/c1-5-8-21-12(19)15-6-7-16(10(9-15)11(17)18)13(20)22-14(2,3)4/h5,10H,1,6-9H2,2-4H3,(H,17,18). The van der Waals surface area contributed by atoms with E-state index in [1.165, 1.54) is 11.0 Å². The number of hydrogen-bond donors (Lipinski definition) is 1. The van der Waals surface area contributed by atoms with Crippen molar-refractivity contribution in [1.29, 1.82) is 0 Å². The zero-order valence-corrected chi connectivity index (χ0v) is 13.1. The second-order valence-electron chi connectivity index (χ2n) is 5.84. The highest BCUT2D eigenvalue weighted by Crippen LogP contribution is 2.16. The van der Waals surface area contributed by atoms with Crippen LogP contribution in [-0.4, -0.2) is 70.9 Å². The summed E-state index contributed by atoms with van der Waals surface area (Å²) in [7, 11) is 0. The lowest BCUT2D eigenvalue weighted by atomic mass is 10.1. The number of ether oxygens (including phenoxy) is 2. The molecule has 1 fully saturated rings. The van der Waals surface area contributed by atoms with Gasteiger partial charge in [0.05, 0.1) is 6.54 Å². The Morgan fingerprint density at radius 3 is 2.41 bits per heavy atom. The number of carboxylic acids is 1. The number of piperazine rings is 1. The van der Waals surface area contributed by atoms with Gasteiger partial charge in [0.25, 0.3) is 0 Å². The number of hydrogen-bond acceptors (Lipinski definition) is 5. The van der Waals surface area contributed by atoms with E-state index < -0.39 is 29.8 Å². The average molecular weight is 314 g/mol. The molecular weight excluding hydrogens is 292 g/mol. The molecule has 0 spiro atoms. The summed E-state index contributed by atoms with van der Waals surface area (Å²) < 4.78 is 10.1. The smallest absolute Gasteiger partial charge is 0.411 e. The second-order valence-corrected chi connectivity index (χ2v) is 5.84. The molecule has 0 aromatic rings. The van der Waals surface area contributed by atoms with Crippen LogP contribution in [0, 0.1) is 0 Å². The summed E-state index contributed by atoms with van der Waals surface area (Å²) in [4.78, 5) is 37.6. The summed E-state index contributed by atoms with van der Waals surface area (Å²) in [6.45, 7) is 8.67. The molecule has 0 radical (unpaired) electrons. The lowest BCUT2D eigenvalue weighted by Gasteiger charge is -2.39. The van der Waals surface area contributed by atoms with Gasteiger partial charge >= 0.3 is 18.2 Å². The van der Waals surface area contributed by atoms with Crippen molar-refractivity contribution in [3.05, 3.63) is 12.7 Å². The molecule has 0 aliphatic carbocycles. The summed E-state index contributed by atoms with van der Waals surface area (Å²) in [5, 5.41) is 9.29. The van der Waals surface area contributed by atoms with Gasteiger partial charge in [0.15, 0.2) is 6.04 Å². The van der Waals surface area contributed by atoms with E-state index in [2.05, 4.69) is 6.58 Å². The molecule has 0 aromatic carbocycles. The van der Waals surface area contributed by atoms with Crippen molar-refractivity contribution >= 4 is 18.2 Å². The molecule has 0 aromatic heterocycles. The maximum absolute atomic E-state index is 12.1. The minimum atomic E-state index is -1.20. The van der Waals surface area contributed by atoms with Crippen LogP contribution in [0.5, 0.6) is 0 Å². The Bertz CT molecular complexity index is 457. The first kappa shape index (κ1) is 17.8. The van der Waals surface area contributed by atoms with Gasteiger partial charge in [0, 0.05) is 13.1 Å². The summed E-state index contributed by atoms with van der Waals surface area (Å²) in [6, 6.07) is -1.17. The lowest BCUT2D eigenvalue weighted by molar-refractivity contribution is -0.145. The second kappa shape index (κ2) is 7.15. The Hall–Kier alpha value is -2.25. The first-order valence-electron chi connectivity index (χ1n) is 6.90. The van der Waals surface area contributed by atoms with Crippen molar-refractivity contribution < 1.29 is 29.0 Å². The van der Waals surface area contributed by atoms with Crippen molar-refractivity contribution in [2.75, 3.05) is 26.2 Å². The highest BCUT2D eigenvalue weighted by molar-refractivity contribution is 5.82. The Labute approximate surface area is 129 Å². The number of amides is 2. The number of carboxylic acid groups (broad SMARTS) is 1. The van der Waals surface area contributed by atoms with Gasteiger partial charge in [0.1, 0.15) is 12.2 Å². The molecule has 22 heavy (non-hydrogen) atoms. The topological polar surface area (TPSA) is 96.4 Å². The fourth-order valence-electron chi connectivity index (χ4n) is 1.92. The maximum atomic E-state index is 12.1. The Morgan fingerprint density at radius 1 is 1.27 bits per heavy atom. The maximum Gasteiger partial charge on any atom is 0.411 e. The van der Waals surface area contributed by atoms with Crippen molar-refractivity contribution in [2.45, 2.75) is 32.4 Å². The van der Waals surface area contributed by atoms with Gasteiger partial charge in [-0.2, -0.15) is 0 Å². The van der Waals surface area contributed by atoms with E-state index in [1.807, 2.05) is 0 Å². The molecule has 8 heteroatoms. The van der Waals surface area contributed by atoms with Gasteiger partial charge < -0.3 is 19.5 Å². The van der Waals surface area contributed by atoms with Crippen molar-refractivity contribution in [2.24, 2.45) is 0 Å². The third-order valence-corrected chi connectivity index (χ3v) is 2.88. The van der Waals surface area contributed by atoms with Crippen LogP contribution in [0.4, 0.5) is 9.59 Å². The summed E-state index contributed by atoms with van der Waals surface area (Å²) >= 11 is 0. The fraction of sp³-hybridized carbons (Fsp3) is 0.643. The number of carbonyl (C=O) groups excluding carboxylic acids is 2. The van der Waals surface area contributed by atoms with E-state index in [-0.39, 0.29) is 26.2 Å². The van der Waals surface area contributed by atoms with Crippen LogP contribution in [-0.2, 0) is 14.3 Å². The van der Waals surface area contributed by atoms with Crippen LogP contribution in [0.2, 0.25) is 0 Å². The molecule has 1 unspecified atom stereocenters. The van der Waals surface area contributed by atoms with Crippen LogP contribution in [0.3, 0.4) is 0 Å². The Morgan fingerprint density at radius 2 is 1.91 bits per heavy atom. The minimum Gasteiger partial charge on any atom is -0.480 e. The van der Waals surface area contributed by atoms with Gasteiger partial charge in [-0.1, -0.05) is 12.7 Å². The first-order chi connectivity index (χ1) is 10.2. The van der Waals surface area contributed by atoms with E-state index in [0.29, 0.717) is 0 Å². The van der Waals surface area contributed by atoms with E-state index >= 15 is 0 Å². The van der Waals surface area contributed by atoms with Gasteiger partial charge in [-0.05, 0) is 20.8 Å². The third-order valence-electron chi connectivity index (χ3n) is 2.88. The number of carbonyl (C=O) groups is 3. The first-order valence-corrected chi connectivity index (χ1v) is 6.90. The Kier molecular flexibility index (Phi) is 5.78. The van der Waals surface area contributed by atoms with Gasteiger partial charge in [0.2, 0.25) is 0 Å². The molecule has 1 N–H and O–H groups in total. The van der Waals surface area contributed by atoms with Gasteiger partial charge in [-0.15, -0.1) is 0 Å². The summed E-state index contributed by atoms with van der Waals surface area (Å²) in [5.41, 5.74) is -0.722. The molecule has 0 saturated carbocycles. The summed E-state index contributed by atoms with van der Waals surface area (Å²) in [5.74, 6) is -1.20. The molecule has 0 bridgehead atoms. The van der Waals surface area contributed by atoms with E-state index in [1.54, 1.807) is 20.8 Å². The highest BCUT2D eigenvalue weighted by atomic mass is 16.6. The molecule has 1 rings (SSSR count). The normalized spacial score (nSPS) is 18.6. The third kappa shape index (κ3) is 4.94. The van der Waals surface area contributed by atoms with Crippen LogP contribution >= 0.6 is 0 Å². The highest BCUT2D eigenvalue weighted by Gasteiger charge is 2.39. The average Bonchev–Trinajstić information content (AvgIpc) is 2.42. The van der Waals surface area contributed by atoms with Crippen molar-refractivity contribution in [3.63, 3.8) is 0 Å². The molecule has 2 amide bonds. The molecule has 124 valence electrons. The van der Waals surface area contributed by atoms with Crippen molar-refractivity contribution in [1.82, 2.24) is 9.80 Å². The predicted octanol–water partition coefficient (Wildman–Crippen LogP) is 1.31. The van der Waals surface area contributed by atoms with E-state index in [9.17, 15) is 19.5 Å². The SMILES string of the molecule is C=CCOC(=O)N1CCN(C(=O)OC(C)(C)C)C(C(=O)O)C1. The molecule has 1 aliphatic heterocycles. The zero-order chi connectivity index (χ0) is 16.9. The van der Waals surface area contributed by atoms with Crippen LogP contribution in [0.25, 0.3) is 0 Å². The lowest BCUT2D eigenvalue weighted by Crippen LogP contribution is -2.60. The molecule has 1 saturated heterocycles. The van der Waals surface area contributed by atoms with E-state index in [0.717, 1.165) is 4.90 Å². The Balaban J connectivity index is 2.76. The molecule has 1 aliphatic rings. The molecule has 8 nitrogen and oxygen atoms in total. The minimum absolute atomic E-state index is 0.0445. The quantitative estimate of drug-likeness (QED) is 0.789. The largest absolute Gasteiger partial charge is 0.480 e. The van der Waals surface area contributed by atoms with Gasteiger partial charge in [-0.25, -0.2) is 14.4 Å². The number of rotatable bonds is 3. The number of nitrogens with zero attached hydrogens (tertiary/aromatic N) is 2. The molecule has 1 atom stereocenters. The zero-order valence-electron chi connectivity index (χ0n) is 13.1. The van der Waals surface area contributed by atoms with E-state index in [4.69, 9.17) is 9.47 Å². The van der Waals surface area contributed by atoms with Crippen LogP contribution in [0.15, 0.2) is 12.7 Å². The number of aliphatic carboxylic acids is 1. The predicted molar refractivity (Wildman–Crippen MR) is 77.5 cm³/mol.